The molecule has 6 heteroatoms. The van der Waals surface area contributed by atoms with Crippen LogP contribution in [0.1, 0.15) is 38.4 Å². The lowest BCUT2D eigenvalue weighted by Crippen LogP contribution is -2.42. The monoisotopic (exact) mass is 291 g/mol. The highest BCUT2D eigenvalue weighted by atomic mass is 16.1. The van der Waals surface area contributed by atoms with E-state index in [-0.39, 0.29) is 17.7 Å². The molecule has 1 aromatic heterocycles. The SMILES string of the molecule is CNC(=O)C1CCCN(c2cc(NC)nc(C(C)C)n2)C1. The topological polar surface area (TPSA) is 70.2 Å². The predicted molar refractivity (Wildman–Crippen MR) is 84.7 cm³/mol. The predicted octanol–water partition coefficient (Wildman–Crippen LogP) is 1.60. The lowest BCUT2D eigenvalue weighted by atomic mass is 9.97. The third-order valence-corrected chi connectivity index (χ3v) is 3.87. The van der Waals surface area contributed by atoms with Gasteiger partial charge in [-0.3, -0.25) is 4.79 Å². The normalized spacial score (nSPS) is 18.7. The summed E-state index contributed by atoms with van der Waals surface area (Å²) in [6.45, 7) is 5.83. The van der Waals surface area contributed by atoms with E-state index < -0.39 is 0 Å². The van der Waals surface area contributed by atoms with Crippen molar-refractivity contribution in [1.29, 1.82) is 0 Å². The van der Waals surface area contributed by atoms with Gasteiger partial charge in [0.15, 0.2) is 0 Å². The summed E-state index contributed by atoms with van der Waals surface area (Å²) in [7, 11) is 3.56. The highest BCUT2D eigenvalue weighted by Crippen LogP contribution is 2.25. The zero-order valence-corrected chi connectivity index (χ0v) is 13.3. The summed E-state index contributed by atoms with van der Waals surface area (Å²) in [4.78, 5) is 23.2. The molecule has 1 amide bonds. The Bertz CT molecular complexity index is 503. The van der Waals surface area contributed by atoms with Crippen molar-refractivity contribution in [2.45, 2.75) is 32.6 Å². The summed E-state index contributed by atoms with van der Waals surface area (Å²) >= 11 is 0. The van der Waals surface area contributed by atoms with Gasteiger partial charge in [-0.1, -0.05) is 13.8 Å². The van der Waals surface area contributed by atoms with Crippen molar-refractivity contribution in [3.05, 3.63) is 11.9 Å². The van der Waals surface area contributed by atoms with Gasteiger partial charge in [0.1, 0.15) is 17.5 Å². The Kier molecular flexibility index (Phi) is 4.98. The highest BCUT2D eigenvalue weighted by Gasteiger charge is 2.26. The molecule has 0 saturated carbocycles. The maximum Gasteiger partial charge on any atom is 0.224 e. The first-order valence-corrected chi connectivity index (χ1v) is 7.58. The van der Waals surface area contributed by atoms with Crippen LogP contribution >= 0.6 is 0 Å². The van der Waals surface area contributed by atoms with Gasteiger partial charge >= 0.3 is 0 Å². The van der Waals surface area contributed by atoms with Crippen LogP contribution in [0.15, 0.2) is 6.07 Å². The number of nitrogens with one attached hydrogen (secondary N) is 2. The summed E-state index contributed by atoms with van der Waals surface area (Å²) in [5, 5.41) is 5.84. The van der Waals surface area contributed by atoms with E-state index in [4.69, 9.17) is 0 Å². The minimum Gasteiger partial charge on any atom is -0.373 e. The van der Waals surface area contributed by atoms with Gasteiger partial charge in [-0.25, -0.2) is 9.97 Å². The van der Waals surface area contributed by atoms with Gasteiger partial charge in [0, 0.05) is 39.2 Å². The molecule has 1 atom stereocenters. The fraction of sp³-hybridized carbons (Fsp3) is 0.667. The summed E-state index contributed by atoms with van der Waals surface area (Å²) < 4.78 is 0. The molecule has 0 aliphatic carbocycles. The molecule has 1 aliphatic rings. The summed E-state index contributed by atoms with van der Waals surface area (Å²) in [6.07, 6.45) is 1.95. The quantitative estimate of drug-likeness (QED) is 0.882. The molecule has 1 saturated heterocycles. The number of aromatic nitrogens is 2. The molecule has 0 aromatic carbocycles. The van der Waals surface area contributed by atoms with Crippen LogP contribution in [-0.2, 0) is 4.79 Å². The van der Waals surface area contributed by atoms with E-state index in [1.807, 2.05) is 13.1 Å². The number of anilines is 2. The standard InChI is InChI=1S/C15H25N5O/c1-10(2)14-18-12(16-3)8-13(19-14)20-7-5-6-11(9-20)15(21)17-4/h8,10-11H,5-7,9H2,1-4H3,(H,17,21)(H,16,18,19). The zero-order valence-electron chi connectivity index (χ0n) is 13.3. The molecule has 0 radical (unpaired) electrons. The van der Waals surface area contributed by atoms with Crippen LogP contribution in [0.3, 0.4) is 0 Å². The summed E-state index contributed by atoms with van der Waals surface area (Å²) in [6, 6.07) is 1.96. The second-order valence-corrected chi connectivity index (χ2v) is 5.77. The number of carbonyl (C=O) groups excluding carboxylic acids is 1. The molecule has 6 nitrogen and oxygen atoms in total. The number of rotatable bonds is 4. The van der Waals surface area contributed by atoms with Crippen molar-refractivity contribution in [2.24, 2.45) is 5.92 Å². The van der Waals surface area contributed by atoms with Crippen LogP contribution in [0.4, 0.5) is 11.6 Å². The van der Waals surface area contributed by atoms with Crippen LogP contribution in [-0.4, -0.2) is 43.1 Å². The van der Waals surface area contributed by atoms with Gasteiger partial charge in [-0.15, -0.1) is 0 Å². The van der Waals surface area contributed by atoms with Crippen LogP contribution in [0, 0.1) is 5.92 Å². The molecule has 1 unspecified atom stereocenters. The van der Waals surface area contributed by atoms with Gasteiger partial charge < -0.3 is 15.5 Å². The van der Waals surface area contributed by atoms with Gasteiger partial charge in [-0.05, 0) is 12.8 Å². The molecule has 116 valence electrons. The summed E-state index contributed by atoms with van der Waals surface area (Å²) in [5.41, 5.74) is 0. The smallest absolute Gasteiger partial charge is 0.224 e. The first-order chi connectivity index (χ1) is 10.0. The van der Waals surface area contributed by atoms with Crippen LogP contribution < -0.4 is 15.5 Å². The minimum atomic E-state index is 0.0410. The van der Waals surface area contributed by atoms with E-state index in [0.717, 1.165) is 43.4 Å². The van der Waals surface area contributed by atoms with Crippen molar-refractivity contribution in [3.63, 3.8) is 0 Å². The molecule has 2 N–H and O–H groups in total. The highest BCUT2D eigenvalue weighted by molar-refractivity contribution is 5.79. The Hall–Kier alpha value is -1.85. The molecule has 21 heavy (non-hydrogen) atoms. The van der Waals surface area contributed by atoms with E-state index in [0.29, 0.717) is 0 Å². The first-order valence-electron chi connectivity index (χ1n) is 7.58. The largest absolute Gasteiger partial charge is 0.373 e. The molecule has 1 aliphatic heterocycles. The Morgan fingerprint density at radius 1 is 1.38 bits per heavy atom. The Morgan fingerprint density at radius 3 is 2.76 bits per heavy atom. The van der Waals surface area contributed by atoms with Gasteiger partial charge in [-0.2, -0.15) is 0 Å². The Labute approximate surface area is 126 Å². The van der Waals surface area contributed by atoms with Crippen molar-refractivity contribution in [1.82, 2.24) is 15.3 Å². The Balaban J connectivity index is 2.23. The van der Waals surface area contributed by atoms with Crippen LogP contribution in [0.2, 0.25) is 0 Å². The van der Waals surface area contributed by atoms with Crippen molar-refractivity contribution in [3.8, 4) is 0 Å². The lowest BCUT2D eigenvalue weighted by molar-refractivity contribution is -0.124. The van der Waals surface area contributed by atoms with E-state index in [1.165, 1.54) is 0 Å². The molecule has 1 aromatic rings. The number of hydrogen-bond acceptors (Lipinski definition) is 5. The van der Waals surface area contributed by atoms with E-state index >= 15 is 0 Å². The fourth-order valence-corrected chi connectivity index (χ4v) is 2.60. The van der Waals surface area contributed by atoms with Crippen molar-refractivity contribution >= 4 is 17.5 Å². The minimum absolute atomic E-state index is 0.0410. The molecule has 2 heterocycles. The molecular formula is C15H25N5O. The molecule has 0 spiro atoms. The summed E-state index contributed by atoms with van der Waals surface area (Å²) in [5.74, 6) is 3.00. The molecule has 2 rings (SSSR count). The van der Waals surface area contributed by atoms with Crippen LogP contribution in [0.5, 0.6) is 0 Å². The van der Waals surface area contributed by atoms with E-state index in [2.05, 4.69) is 39.3 Å². The third-order valence-electron chi connectivity index (χ3n) is 3.87. The molecular weight excluding hydrogens is 266 g/mol. The number of amides is 1. The molecule has 1 fully saturated rings. The zero-order chi connectivity index (χ0) is 15.4. The third kappa shape index (κ3) is 3.62. The van der Waals surface area contributed by atoms with E-state index in [1.54, 1.807) is 7.05 Å². The maximum atomic E-state index is 11.9. The maximum absolute atomic E-state index is 11.9. The average molecular weight is 291 g/mol. The van der Waals surface area contributed by atoms with Gasteiger partial charge in [0.05, 0.1) is 5.92 Å². The number of nitrogens with zero attached hydrogens (tertiary/aromatic N) is 3. The second kappa shape index (κ2) is 6.74. The Morgan fingerprint density at radius 2 is 2.14 bits per heavy atom. The van der Waals surface area contributed by atoms with Gasteiger partial charge in [0.2, 0.25) is 5.91 Å². The van der Waals surface area contributed by atoms with Crippen molar-refractivity contribution < 1.29 is 4.79 Å². The molecule has 0 bridgehead atoms. The van der Waals surface area contributed by atoms with E-state index in [9.17, 15) is 4.79 Å². The fourth-order valence-electron chi connectivity index (χ4n) is 2.60. The average Bonchev–Trinajstić information content (AvgIpc) is 2.53. The lowest BCUT2D eigenvalue weighted by Gasteiger charge is -2.33. The number of carbonyl (C=O) groups is 1. The van der Waals surface area contributed by atoms with Gasteiger partial charge in [0.25, 0.3) is 0 Å². The number of piperidine rings is 1. The number of hydrogen-bond donors (Lipinski definition) is 2. The van der Waals surface area contributed by atoms with Crippen molar-refractivity contribution in [2.75, 3.05) is 37.4 Å². The second-order valence-electron chi connectivity index (χ2n) is 5.77. The first kappa shape index (κ1) is 15.5. The van der Waals surface area contributed by atoms with Crippen LogP contribution in [0.25, 0.3) is 0 Å².